The average molecular weight is 429 g/mol. The van der Waals surface area contributed by atoms with Crippen molar-refractivity contribution in [3.05, 3.63) is 86.3 Å². The van der Waals surface area contributed by atoms with Gasteiger partial charge in [-0.2, -0.15) is 0 Å². The number of ether oxygens (including phenoxy) is 1. The third kappa shape index (κ3) is 4.80. The van der Waals surface area contributed by atoms with Crippen molar-refractivity contribution in [2.45, 2.75) is 33.3 Å². The van der Waals surface area contributed by atoms with E-state index in [2.05, 4.69) is 5.32 Å². The van der Waals surface area contributed by atoms with E-state index in [0.29, 0.717) is 16.5 Å². The Bertz CT molecular complexity index is 1090. The summed E-state index contributed by atoms with van der Waals surface area (Å²) in [5.41, 5.74) is 1.78. The number of para-hydroxylation sites is 2. The quantitative estimate of drug-likeness (QED) is 0.362. The lowest BCUT2D eigenvalue weighted by Gasteiger charge is -2.15. The fourth-order valence-electron chi connectivity index (χ4n) is 2.90. The number of nitrogens with one attached hydrogen (secondary N) is 1. The van der Waals surface area contributed by atoms with Crippen LogP contribution in [0, 0.1) is 17.0 Å². The molecule has 0 radical (unpaired) electrons. The molecule has 0 atom stereocenters. The van der Waals surface area contributed by atoms with Gasteiger partial charge in [-0.1, -0.05) is 37.6 Å². The number of hydrogen-bond acceptors (Lipinski definition) is 5. The minimum absolute atomic E-state index is 0.0307. The first kappa shape index (κ1) is 21.4. The van der Waals surface area contributed by atoms with Crippen molar-refractivity contribution < 1.29 is 18.9 Å². The molecule has 1 heterocycles. The van der Waals surface area contributed by atoms with E-state index in [4.69, 9.17) is 20.8 Å². The number of hydrogen-bond donors (Lipinski definition) is 1. The number of nitrogens with zero attached hydrogens (tertiary/aromatic N) is 1. The lowest BCUT2D eigenvalue weighted by Crippen LogP contribution is -2.12. The Labute approximate surface area is 178 Å². The van der Waals surface area contributed by atoms with E-state index >= 15 is 0 Å². The maximum atomic E-state index is 12.4. The van der Waals surface area contributed by atoms with Gasteiger partial charge >= 0.3 is 0 Å². The van der Waals surface area contributed by atoms with E-state index in [9.17, 15) is 14.9 Å². The second-order valence-electron chi connectivity index (χ2n) is 7.08. The first-order valence-corrected chi connectivity index (χ1v) is 9.70. The highest BCUT2D eigenvalue weighted by Crippen LogP contribution is 2.32. The van der Waals surface area contributed by atoms with E-state index in [1.807, 2.05) is 32.9 Å². The Morgan fingerprint density at radius 1 is 1.23 bits per heavy atom. The molecule has 0 saturated heterocycles. The highest BCUT2D eigenvalue weighted by atomic mass is 35.5. The van der Waals surface area contributed by atoms with Gasteiger partial charge in [-0.15, -0.1) is 0 Å². The molecule has 7 nitrogen and oxygen atoms in total. The molecule has 0 bridgehead atoms. The van der Waals surface area contributed by atoms with Gasteiger partial charge in [0.05, 0.1) is 4.92 Å². The van der Waals surface area contributed by atoms with Crippen LogP contribution in [0.4, 0.5) is 11.4 Å². The number of rotatable bonds is 7. The maximum absolute atomic E-state index is 12.4. The Hall–Kier alpha value is -3.32. The largest absolute Gasteiger partial charge is 0.485 e. The van der Waals surface area contributed by atoms with Crippen LogP contribution in [-0.4, -0.2) is 10.8 Å². The van der Waals surface area contributed by atoms with Gasteiger partial charge in [0.15, 0.2) is 5.76 Å². The third-order valence-corrected chi connectivity index (χ3v) is 4.92. The molecule has 1 N–H and O–H groups in total. The number of nitro groups is 1. The average Bonchev–Trinajstić information content (AvgIpc) is 3.18. The van der Waals surface area contributed by atoms with Gasteiger partial charge in [-0.3, -0.25) is 14.9 Å². The Balaban J connectivity index is 1.71. The first-order valence-electron chi connectivity index (χ1n) is 9.32. The predicted octanol–water partition coefficient (Wildman–Crippen LogP) is 6.10. The van der Waals surface area contributed by atoms with Crippen LogP contribution in [-0.2, 0) is 6.61 Å². The summed E-state index contributed by atoms with van der Waals surface area (Å²) < 4.78 is 11.5. The number of carbonyl (C=O) groups is 1. The van der Waals surface area contributed by atoms with Crippen molar-refractivity contribution in [2.24, 2.45) is 0 Å². The Kier molecular flexibility index (Phi) is 6.42. The van der Waals surface area contributed by atoms with E-state index in [0.717, 1.165) is 11.1 Å². The highest BCUT2D eigenvalue weighted by Gasteiger charge is 2.18. The molecule has 0 saturated carbocycles. The van der Waals surface area contributed by atoms with Crippen molar-refractivity contribution in [3.63, 3.8) is 0 Å². The molecule has 1 amide bonds. The van der Waals surface area contributed by atoms with Crippen molar-refractivity contribution in [1.29, 1.82) is 0 Å². The molecule has 0 aliphatic rings. The summed E-state index contributed by atoms with van der Waals surface area (Å²) in [4.78, 5) is 23.0. The van der Waals surface area contributed by atoms with E-state index in [-0.39, 0.29) is 29.7 Å². The van der Waals surface area contributed by atoms with Crippen LogP contribution < -0.4 is 10.1 Å². The molecule has 1 aromatic heterocycles. The van der Waals surface area contributed by atoms with E-state index < -0.39 is 10.8 Å². The second-order valence-corrected chi connectivity index (χ2v) is 7.48. The molecule has 0 fully saturated rings. The maximum Gasteiger partial charge on any atom is 0.292 e. The summed E-state index contributed by atoms with van der Waals surface area (Å²) in [7, 11) is 0. The predicted molar refractivity (Wildman–Crippen MR) is 114 cm³/mol. The molecule has 0 spiro atoms. The topological polar surface area (TPSA) is 94.6 Å². The Morgan fingerprint density at radius 3 is 2.67 bits per heavy atom. The number of furan rings is 1. The van der Waals surface area contributed by atoms with Crippen molar-refractivity contribution in [2.75, 3.05) is 5.32 Å². The standard InChI is InChI=1S/C22H21ClN2O5/c1-13(2)16-11-17(23)14(3)10-21(16)29-12-15-8-9-20(30-15)22(26)24-18-6-4-5-7-19(18)25(27)28/h4-11,13H,12H2,1-3H3,(H,24,26). The second kappa shape index (κ2) is 9.00. The van der Waals surface area contributed by atoms with Gasteiger partial charge in [-0.25, -0.2) is 0 Å². The summed E-state index contributed by atoms with van der Waals surface area (Å²) in [5, 5.41) is 14.3. The third-order valence-electron chi connectivity index (χ3n) is 4.52. The molecular formula is C22H21ClN2O5. The zero-order chi connectivity index (χ0) is 21.8. The molecule has 3 rings (SSSR count). The van der Waals surface area contributed by atoms with Crippen molar-refractivity contribution in [3.8, 4) is 5.75 Å². The molecule has 0 aliphatic carbocycles. The van der Waals surface area contributed by atoms with Gasteiger partial charge in [0.2, 0.25) is 0 Å². The Morgan fingerprint density at radius 2 is 1.97 bits per heavy atom. The first-order chi connectivity index (χ1) is 14.3. The lowest BCUT2D eigenvalue weighted by molar-refractivity contribution is -0.383. The van der Waals surface area contributed by atoms with Crippen molar-refractivity contribution >= 4 is 28.9 Å². The smallest absolute Gasteiger partial charge is 0.292 e. The van der Waals surface area contributed by atoms with Gasteiger partial charge in [-0.05, 0) is 54.3 Å². The molecule has 156 valence electrons. The monoisotopic (exact) mass is 428 g/mol. The van der Waals surface area contributed by atoms with Gasteiger partial charge in [0.25, 0.3) is 11.6 Å². The minimum Gasteiger partial charge on any atom is -0.485 e. The van der Waals surface area contributed by atoms with Crippen LogP contribution >= 0.6 is 11.6 Å². The zero-order valence-corrected chi connectivity index (χ0v) is 17.5. The number of benzene rings is 2. The fourth-order valence-corrected chi connectivity index (χ4v) is 3.07. The number of aryl methyl sites for hydroxylation is 1. The van der Waals surface area contributed by atoms with Crippen LogP contribution in [0.2, 0.25) is 5.02 Å². The van der Waals surface area contributed by atoms with Crippen LogP contribution in [0.1, 0.15) is 47.2 Å². The number of amides is 1. The SMILES string of the molecule is Cc1cc(OCc2ccc(C(=O)Nc3ccccc3[N+](=O)[O-])o2)c(C(C)C)cc1Cl. The van der Waals surface area contributed by atoms with E-state index in [1.165, 1.54) is 24.3 Å². The number of carbonyl (C=O) groups excluding carboxylic acids is 1. The highest BCUT2D eigenvalue weighted by molar-refractivity contribution is 6.31. The number of anilines is 1. The van der Waals surface area contributed by atoms with Gasteiger partial charge in [0.1, 0.15) is 23.8 Å². The summed E-state index contributed by atoms with van der Waals surface area (Å²) >= 11 is 6.22. The van der Waals surface area contributed by atoms with Gasteiger partial charge in [0, 0.05) is 11.1 Å². The molecule has 0 aliphatic heterocycles. The molecular weight excluding hydrogens is 408 g/mol. The summed E-state index contributed by atoms with van der Waals surface area (Å²) in [6, 6.07) is 12.8. The fraction of sp³-hybridized carbons (Fsp3) is 0.227. The molecule has 3 aromatic rings. The van der Waals surface area contributed by atoms with Crippen LogP contribution in [0.15, 0.2) is 52.9 Å². The van der Waals surface area contributed by atoms with Crippen LogP contribution in [0.25, 0.3) is 0 Å². The van der Waals surface area contributed by atoms with E-state index in [1.54, 1.807) is 12.1 Å². The summed E-state index contributed by atoms with van der Waals surface area (Å²) in [5.74, 6) is 0.820. The minimum atomic E-state index is -0.583. The molecule has 0 unspecified atom stereocenters. The lowest BCUT2D eigenvalue weighted by atomic mass is 10.0. The van der Waals surface area contributed by atoms with Crippen LogP contribution in [0.5, 0.6) is 5.75 Å². The van der Waals surface area contributed by atoms with Crippen LogP contribution in [0.3, 0.4) is 0 Å². The normalized spacial score (nSPS) is 10.8. The number of nitro benzene ring substituents is 1. The summed E-state index contributed by atoms with van der Waals surface area (Å²) in [6.45, 7) is 6.12. The summed E-state index contributed by atoms with van der Waals surface area (Å²) in [6.07, 6.45) is 0. The van der Waals surface area contributed by atoms with Gasteiger partial charge < -0.3 is 14.5 Å². The molecule has 30 heavy (non-hydrogen) atoms. The zero-order valence-electron chi connectivity index (χ0n) is 16.8. The molecule has 8 heteroatoms. The number of halogens is 1. The van der Waals surface area contributed by atoms with Crippen molar-refractivity contribution in [1.82, 2.24) is 0 Å². The molecule has 2 aromatic carbocycles.